The maximum absolute atomic E-state index is 12.4. The first-order valence-corrected chi connectivity index (χ1v) is 7.15. The highest BCUT2D eigenvalue weighted by molar-refractivity contribution is 7.89. The molecule has 0 saturated carbocycles. The van der Waals surface area contributed by atoms with E-state index in [0.29, 0.717) is 6.54 Å². The molecule has 0 spiro atoms. The summed E-state index contributed by atoms with van der Waals surface area (Å²) in [6.07, 6.45) is 0.741. The standard InChI is InChI=1S/C12H19NO3S/c1-4-9-13(10(2)3)17(15,16)12-8-6-5-7-11(12)14/h5-8,10,14H,4,9H2,1-3H3. The molecule has 5 heteroatoms. The second-order valence-corrected chi connectivity index (χ2v) is 6.04. The lowest BCUT2D eigenvalue weighted by atomic mass is 10.3. The van der Waals surface area contributed by atoms with Crippen LogP contribution in [0.3, 0.4) is 0 Å². The Labute approximate surface area is 103 Å². The minimum atomic E-state index is -3.61. The van der Waals surface area contributed by atoms with Crippen LogP contribution >= 0.6 is 0 Å². The Kier molecular flexibility index (Phi) is 4.54. The Morgan fingerprint density at radius 1 is 1.29 bits per heavy atom. The van der Waals surface area contributed by atoms with E-state index in [0.717, 1.165) is 6.42 Å². The van der Waals surface area contributed by atoms with Gasteiger partial charge in [0.2, 0.25) is 10.0 Å². The van der Waals surface area contributed by atoms with Gasteiger partial charge >= 0.3 is 0 Å². The summed E-state index contributed by atoms with van der Waals surface area (Å²) in [6, 6.07) is 5.90. The molecule has 0 bridgehead atoms. The molecule has 4 nitrogen and oxygen atoms in total. The molecule has 17 heavy (non-hydrogen) atoms. The van der Waals surface area contributed by atoms with Gasteiger partial charge in [-0.1, -0.05) is 19.1 Å². The van der Waals surface area contributed by atoms with Crippen molar-refractivity contribution in [3.05, 3.63) is 24.3 Å². The maximum atomic E-state index is 12.4. The number of phenolic OH excluding ortho intramolecular Hbond substituents is 1. The predicted molar refractivity (Wildman–Crippen MR) is 67.4 cm³/mol. The predicted octanol–water partition coefficient (Wildman–Crippen LogP) is 2.20. The van der Waals surface area contributed by atoms with Gasteiger partial charge in [0, 0.05) is 12.6 Å². The Morgan fingerprint density at radius 3 is 2.35 bits per heavy atom. The van der Waals surface area contributed by atoms with Crippen LogP contribution in [0, 0.1) is 0 Å². The quantitative estimate of drug-likeness (QED) is 0.879. The SMILES string of the molecule is CCCN(C(C)C)S(=O)(=O)c1ccccc1O. The number of benzene rings is 1. The zero-order chi connectivity index (χ0) is 13.1. The van der Waals surface area contributed by atoms with E-state index in [2.05, 4.69) is 0 Å². The average molecular weight is 257 g/mol. The zero-order valence-corrected chi connectivity index (χ0v) is 11.2. The monoisotopic (exact) mass is 257 g/mol. The van der Waals surface area contributed by atoms with Crippen LogP contribution in [0.1, 0.15) is 27.2 Å². The van der Waals surface area contributed by atoms with E-state index in [1.165, 1.54) is 16.4 Å². The highest BCUT2D eigenvalue weighted by Crippen LogP contribution is 2.26. The summed E-state index contributed by atoms with van der Waals surface area (Å²) in [7, 11) is -3.61. The van der Waals surface area contributed by atoms with Crippen LogP contribution in [-0.4, -0.2) is 30.4 Å². The largest absolute Gasteiger partial charge is 0.507 e. The van der Waals surface area contributed by atoms with Crippen molar-refractivity contribution < 1.29 is 13.5 Å². The molecule has 96 valence electrons. The molecule has 0 aliphatic rings. The highest BCUT2D eigenvalue weighted by atomic mass is 32.2. The molecule has 1 aromatic carbocycles. The Morgan fingerprint density at radius 2 is 1.88 bits per heavy atom. The van der Waals surface area contributed by atoms with Crippen LogP contribution in [0.25, 0.3) is 0 Å². The lowest BCUT2D eigenvalue weighted by Gasteiger charge is -2.25. The van der Waals surface area contributed by atoms with Crippen LogP contribution in [0.2, 0.25) is 0 Å². The number of rotatable bonds is 5. The van der Waals surface area contributed by atoms with Gasteiger partial charge in [-0.2, -0.15) is 4.31 Å². The lowest BCUT2D eigenvalue weighted by molar-refractivity contribution is 0.351. The van der Waals surface area contributed by atoms with Crippen LogP contribution in [0.15, 0.2) is 29.2 Å². The number of sulfonamides is 1. The average Bonchev–Trinajstić information content (AvgIpc) is 2.25. The van der Waals surface area contributed by atoms with Crippen molar-refractivity contribution in [3.63, 3.8) is 0 Å². The minimum Gasteiger partial charge on any atom is -0.507 e. The third-order valence-electron chi connectivity index (χ3n) is 2.47. The van der Waals surface area contributed by atoms with Crippen LogP contribution in [-0.2, 0) is 10.0 Å². The van der Waals surface area contributed by atoms with E-state index >= 15 is 0 Å². The van der Waals surface area contributed by atoms with Gasteiger partial charge in [-0.05, 0) is 32.4 Å². The lowest BCUT2D eigenvalue weighted by Crippen LogP contribution is -2.37. The second kappa shape index (κ2) is 5.51. The summed E-state index contributed by atoms with van der Waals surface area (Å²) in [5, 5.41) is 9.64. The number of nitrogens with zero attached hydrogens (tertiary/aromatic N) is 1. The molecule has 0 fully saturated rings. The summed E-state index contributed by atoms with van der Waals surface area (Å²) >= 11 is 0. The van der Waals surface area contributed by atoms with E-state index in [1.807, 2.05) is 20.8 Å². The molecule has 1 N–H and O–H groups in total. The minimum absolute atomic E-state index is 0.0258. The normalized spacial score (nSPS) is 12.3. The first kappa shape index (κ1) is 14.0. The number of aromatic hydroxyl groups is 1. The second-order valence-electron chi connectivity index (χ2n) is 4.18. The van der Waals surface area contributed by atoms with Gasteiger partial charge in [0.1, 0.15) is 10.6 Å². The fourth-order valence-corrected chi connectivity index (χ4v) is 3.49. The third kappa shape index (κ3) is 2.98. The molecule has 0 atom stereocenters. The van der Waals surface area contributed by atoms with Crippen molar-refractivity contribution in [2.75, 3.05) is 6.54 Å². The number of para-hydroxylation sites is 1. The molecule has 1 aromatic rings. The molecule has 0 amide bonds. The number of hydrogen-bond donors (Lipinski definition) is 1. The summed E-state index contributed by atoms with van der Waals surface area (Å²) in [6.45, 7) is 6.03. The highest BCUT2D eigenvalue weighted by Gasteiger charge is 2.28. The van der Waals surface area contributed by atoms with Gasteiger partial charge in [-0.25, -0.2) is 8.42 Å². The molecule has 0 unspecified atom stereocenters. The molecule has 0 heterocycles. The molecule has 1 rings (SSSR count). The smallest absolute Gasteiger partial charge is 0.246 e. The first-order chi connectivity index (χ1) is 7.91. The summed E-state index contributed by atoms with van der Waals surface area (Å²) in [4.78, 5) is -0.0258. The van der Waals surface area contributed by atoms with E-state index in [-0.39, 0.29) is 16.7 Å². The molecule has 0 radical (unpaired) electrons. The van der Waals surface area contributed by atoms with E-state index in [9.17, 15) is 13.5 Å². The molecule has 0 saturated heterocycles. The summed E-state index contributed by atoms with van der Waals surface area (Å²) < 4.78 is 26.1. The van der Waals surface area contributed by atoms with Crippen LogP contribution < -0.4 is 0 Å². The van der Waals surface area contributed by atoms with Crippen molar-refractivity contribution in [1.82, 2.24) is 4.31 Å². The van der Waals surface area contributed by atoms with E-state index < -0.39 is 10.0 Å². The van der Waals surface area contributed by atoms with Gasteiger partial charge in [0.05, 0.1) is 0 Å². The van der Waals surface area contributed by atoms with Gasteiger partial charge in [0.15, 0.2) is 0 Å². The van der Waals surface area contributed by atoms with Crippen molar-refractivity contribution >= 4 is 10.0 Å². The van der Waals surface area contributed by atoms with Gasteiger partial charge in [0.25, 0.3) is 0 Å². The molecular weight excluding hydrogens is 238 g/mol. The third-order valence-corrected chi connectivity index (χ3v) is 4.59. The first-order valence-electron chi connectivity index (χ1n) is 5.71. The van der Waals surface area contributed by atoms with Crippen molar-refractivity contribution in [1.29, 1.82) is 0 Å². The maximum Gasteiger partial charge on any atom is 0.246 e. The molecule has 0 aliphatic heterocycles. The van der Waals surface area contributed by atoms with Crippen molar-refractivity contribution in [2.45, 2.75) is 38.1 Å². The van der Waals surface area contributed by atoms with Gasteiger partial charge in [-0.15, -0.1) is 0 Å². The fourth-order valence-electron chi connectivity index (χ4n) is 1.68. The topological polar surface area (TPSA) is 57.6 Å². The van der Waals surface area contributed by atoms with Crippen LogP contribution in [0.4, 0.5) is 0 Å². The van der Waals surface area contributed by atoms with Crippen LogP contribution in [0.5, 0.6) is 5.75 Å². The Balaban J connectivity index is 3.22. The Hall–Kier alpha value is -1.07. The number of hydrogen-bond acceptors (Lipinski definition) is 3. The van der Waals surface area contributed by atoms with E-state index in [1.54, 1.807) is 12.1 Å². The summed E-state index contributed by atoms with van der Waals surface area (Å²) in [5.74, 6) is -0.200. The zero-order valence-electron chi connectivity index (χ0n) is 10.4. The molecular formula is C12H19NO3S. The fraction of sp³-hybridized carbons (Fsp3) is 0.500. The molecule has 0 aliphatic carbocycles. The van der Waals surface area contributed by atoms with Gasteiger partial charge in [-0.3, -0.25) is 0 Å². The summed E-state index contributed by atoms with van der Waals surface area (Å²) in [5.41, 5.74) is 0. The van der Waals surface area contributed by atoms with Gasteiger partial charge < -0.3 is 5.11 Å². The van der Waals surface area contributed by atoms with Crippen molar-refractivity contribution in [3.8, 4) is 5.75 Å². The Bertz CT molecular complexity index is 468. The van der Waals surface area contributed by atoms with Crippen molar-refractivity contribution in [2.24, 2.45) is 0 Å². The van der Waals surface area contributed by atoms with E-state index in [4.69, 9.17) is 0 Å². The molecule has 0 aromatic heterocycles. The number of phenols is 1.